The number of para-hydroxylation sites is 1. The van der Waals surface area contributed by atoms with Gasteiger partial charge in [-0.3, -0.25) is 4.79 Å². The highest BCUT2D eigenvalue weighted by Crippen LogP contribution is 2.48. The van der Waals surface area contributed by atoms with Crippen LogP contribution in [-0.4, -0.2) is 4.98 Å². The Morgan fingerprint density at radius 1 is 1.12 bits per heavy atom. The Morgan fingerprint density at radius 3 is 2.56 bits per heavy atom. The topological polar surface area (TPSA) is 128 Å². The van der Waals surface area contributed by atoms with E-state index in [9.17, 15) is 15.3 Å². The first-order valence-corrected chi connectivity index (χ1v) is 11.5. The van der Waals surface area contributed by atoms with Crippen LogP contribution in [0.1, 0.15) is 22.6 Å². The van der Waals surface area contributed by atoms with Crippen LogP contribution in [0.2, 0.25) is 10.0 Å². The van der Waals surface area contributed by atoms with Crippen LogP contribution in [0.25, 0.3) is 10.2 Å². The van der Waals surface area contributed by atoms with Crippen LogP contribution in [0.5, 0.6) is 5.75 Å². The molecule has 4 N–H and O–H groups in total. The maximum atomic E-state index is 13.3. The smallest absolute Gasteiger partial charge is 0.256 e. The van der Waals surface area contributed by atoms with Crippen molar-refractivity contribution < 1.29 is 4.74 Å². The molecule has 0 radical (unpaired) electrons. The molecule has 7 nitrogen and oxygen atoms in total. The van der Waals surface area contributed by atoms with E-state index in [4.69, 9.17) is 33.7 Å². The predicted octanol–water partition coefficient (Wildman–Crippen LogP) is 5.73. The lowest BCUT2D eigenvalue weighted by molar-refractivity contribution is 0.397. The number of nitrogens with zero attached hydrogens (tertiary/aromatic N) is 2. The molecule has 5 rings (SSSR count). The average Bonchev–Trinajstić information content (AvgIpc) is 3.16. The summed E-state index contributed by atoms with van der Waals surface area (Å²) in [5, 5.41) is 24.1. The number of aromatic amines is 1. The van der Waals surface area contributed by atoms with Crippen LogP contribution in [0.4, 0.5) is 10.7 Å². The van der Waals surface area contributed by atoms with E-state index in [-0.39, 0.29) is 33.4 Å². The average molecular weight is 506 g/mol. The molecule has 1 aliphatic heterocycles. The van der Waals surface area contributed by atoms with Crippen molar-refractivity contribution in [3.63, 3.8) is 0 Å². The molecule has 2 aromatic carbocycles. The number of nitrogens with one attached hydrogen (secondary N) is 2. The van der Waals surface area contributed by atoms with Gasteiger partial charge in [0.1, 0.15) is 28.3 Å². The van der Waals surface area contributed by atoms with E-state index in [1.807, 2.05) is 36.4 Å². The molecule has 0 saturated carbocycles. The number of hydrogen-bond acceptors (Lipinski definition) is 7. The van der Waals surface area contributed by atoms with Crippen molar-refractivity contribution in [2.45, 2.75) is 5.92 Å². The molecule has 0 bridgehead atoms. The lowest BCUT2D eigenvalue weighted by Gasteiger charge is -2.26. The van der Waals surface area contributed by atoms with Gasteiger partial charge in [-0.15, -0.1) is 11.3 Å². The second kappa shape index (κ2) is 8.44. The first-order valence-electron chi connectivity index (χ1n) is 9.90. The summed E-state index contributed by atoms with van der Waals surface area (Å²) in [7, 11) is 0. The van der Waals surface area contributed by atoms with Gasteiger partial charge in [0.15, 0.2) is 5.75 Å². The van der Waals surface area contributed by atoms with Crippen molar-refractivity contribution in [3.05, 3.63) is 97.1 Å². The Hall–Kier alpha value is -3.95. The number of benzene rings is 2. The highest BCUT2D eigenvalue weighted by atomic mass is 35.5. The minimum atomic E-state index is -0.871. The zero-order valence-electron chi connectivity index (χ0n) is 17.1. The molecular formula is C24H13Cl2N5O2S. The fourth-order valence-corrected chi connectivity index (χ4v) is 5.59. The Morgan fingerprint density at radius 2 is 1.88 bits per heavy atom. The second-order valence-electron chi connectivity index (χ2n) is 7.40. The van der Waals surface area contributed by atoms with Crippen molar-refractivity contribution in [1.29, 1.82) is 10.5 Å². The third-order valence-electron chi connectivity index (χ3n) is 5.43. The molecule has 0 aliphatic carbocycles. The van der Waals surface area contributed by atoms with Crippen molar-refractivity contribution in [2.75, 3.05) is 5.32 Å². The van der Waals surface area contributed by atoms with Gasteiger partial charge >= 0.3 is 0 Å². The van der Waals surface area contributed by atoms with Gasteiger partial charge in [-0.1, -0.05) is 47.5 Å². The number of rotatable bonds is 3. The molecule has 2 aromatic heterocycles. The van der Waals surface area contributed by atoms with Crippen molar-refractivity contribution in [1.82, 2.24) is 4.98 Å². The first kappa shape index (κ1) is 21.9. The number of nitriles is 2. The summed E-state index contributed by atoms with van der Waals surface area (Å²) in [4.78, 5) is 16.1. The standard InChI is InChI=1S/C24H13Cl2N5O2S/c25-11-6-7-13(16(26)8-11)17-14(9-27)22(29)33-20-18(17)23(32)31-19-15(10-28)24(34-21(19)20)30-12-4-2-1-3-5-12/h1-8,17,30H,29H2,(H,31,32). The van der Waals surface area contributed by atoms with Gasteiger partial charge < -0.3 is 20.8 Å². The highest BCUT2D eigenvalue weighted by molar-refractivity contribution is 7.23. The quantitative estimate of drug-likeness (QED) is 0.326. The molecule has 3 heterocycles. The lowest BCUT2D eigenvalue weighted by atomic mass is 9.84. The molecule has 166 valence electrons. The van der Waals surface area contributed by atoms with E-state index in [0.29, 0.717) is 25.8 Å². The zero-order chi connectivity index (χ0) is 24.0. The Labute approximate surface area is 207 Å². The summed E-state index contributed by atoms with van der Waals surface area (Å²) in [6.45, 7) is 0. The van der Waals surface area contributed by atoms with Crippen LogP contribution < -0.4 is 21.3 Å². The number of allylic oxidation sites excluding steroid dienone is 1. The summed E-state index contributed by atoms with van der Waals surface area (Å²) in [5.74, 6) is -0.818. The number of anilines is 2. The number of aromatic nitrogens is 1. The largest absolute Gasteiger partial charge is 0.438 e. The molecule has 0 fully saturated rings. The fraction of sp³-hybridized carbons (Fsp3) is 0.0417. The third kappa shape index (κ3) is 3.46. The van der Waals surface area contributed by atoms with Crippen molar-refractivity contribution >= 4 is 55.4 Å². The minimum Gasteiger partial charge on any atom is -0.438 e. The van der Waals surface area contributed by atoms with E-state index >= 15 is 0 Å². The van der Waals surface area contributed by atoms with Crippen LogP contribution in [0, 0.1) is 22.7 Å². The Bertz CT molecular complexity index is 1640. The van der Waals surface area contributed by atoms with E-state index in [1.165, 1.54) is 17.4 Å². The predicted molar refractivity (Wildman–Crippen MR) is 133 cm³/mol. The molecule has 1 atom stereocenters. The van der Waals surface area contributed by atoms with Gasteiger partial charge in [-0.2, -0.15) is 10.5 Å². The number of ether oxygens (including phenoxy) is 1. The normalized spacial score (nSPS) is 14.8. The van der Waals surface area contributed by atoms with Gasteiger partial charge in [0.05, 0.1) is 21.7 Å². The molecule has 0 amide bonds. The molecule has 0 spiro atoms. The van der Waals surface area contributed by atoms with E-state index in [1.54, 1.807) is 12.1 Å². The Kier molecular flexibility index (Phi) is 5.43. The molecular weight excluding hydrogens is 493 g/mol. The summed E-state index contributed by atoms with van der Waals surface area (Å²) in [6.07, 6.45) is 0. The van der Waals surface area contributed by atoms with E-state index in [0.717, 1.165) is 5.69 Å². The first-order chi connectivity index (χ1) is 16.4. The van der Waals surface area contributed by atoms with Crippen molar-refractivity contribution in [3.8, 4) is 17.9 Å². The summed E-state index contributed by atoms with van der Waals surface area (Å²) < 4.78 is 6.34. The maximum absolute atomic E-state index is 13.3. The second-order valence-corrected chi connectivity index (χ2v) is 9.26. The summed E-state index contributed by atoms with van der Waals surface area (Å²) in [5.41, 5.74) is 7.71. The van der Waals surface area contributed by atoms with Gasteiger partial charge in [0.25, 0.3) is 5.56 Å². The maximum Gasteiger partial charge on any atom is 0.256 e. The van der Waals surface area contributed by atoms with Crippen LogP contribution in [0.3, 0.4) is 0 Å². The van der Waals surface area contributed by atoms with E-state index in [2.05, 4.69) is 16.4 Å². The summed E-state index contributed by atoms with van der Waals surface area (Å²) >= 11 is 13.7. The number of pyridine rings is 1. The number of halogens is 2. The van der Waals surface area contributed by atoms with Crippen LogP contribution in [-0.2, 0) is 0 Å². The fourth-order valence-electron chi connectivity index (χ4n) is 3.95. The molecule has 1 aliphatic rings. The monoisotopic (exact) mass is 505 g/mol. The molecule has 1 unspecified atom stereocenters. The van der Waals surface area contributed by atoms with Gasteiger partial charge in [-0.25, -0.2) is 0 Å². The van der Waals surface area contributed by atoms with Gasteiger partial charge in [0.2, 0.25) is 5.88 Å². The zero-order valence-corrected chi connectivity index (χ0v) is 19.5. The SMILES string of the molecule is N#CC1=C(N)Oc2c(c(=O)[nH]c3c(C#N)c(Nc4ccccc4)sc23)C1c1ccc(Cl)cc1Cl. The minimum absolute atomic E-state index is 0.0567. The Balaban J connectivity index is 1.78. The molecule has 0 saturated heterocycles. The molecule has 4 aromatic rings. The van der Waals surface area contributed by atoms with E-state index < -0.39 is 11.5 Å². The van der Waals surface area contributed by atoms with Crippen LogP contribution >= 0.6 is 34.5 Å². The van der Waals surface area contributed by atoms with Gasteiger partial charge in [0, 0.05) is 15.7 Å². The molecule has 10 heteroatoms. The summed E-state index contributed by atoms with van der Waals surface area (Å²) in [6, 6.07) is 18.3. The number of fused-ring (bicyclic) bond motifs is 3. The number of thiophene rings is 1. The number of hydrogen-bond donors (Lipinski definition) is 3. The van der Waals surface area contributed by atoms with Crippen LogP contribution in [0.15, 0.2) is 64.8 Å². The lowest BCUT2D eigenvalue weighted by Crippen LogP contribution is -2.27. The highest BCUT2D eigenvalue weighted by Gasteiger charge is 2.37. The van der Waals surface area contributed by atoms with Gasteiger partial charge in [-0.05, 0) is 29.8 Å². The third-order valence-corrected chi connectivity index (χ3v) is 7.10. The number of H-pyrrole nitrogens is 1. The molecule has 34 heavy (non-hydrogen) atoms. The number of nitrogens with two attached hydrogens (primary N) is 1. The van der Waals surface area contributed by atoms with Crippen molar-refractivity contribution in [2.24, 2.45) is 5.73 Å².